The number of fused-ring (bicyclic) bond motifs is 2. The van der Waals surface area contributed by atoms with Gasteiger partial charge in [0.1, 0.15) is 11.7 Å². The number of hydrogen-bond donors (Lipinski definition) is 0. The van der Waals surface area contributed by atoms with Crippen LogP contribution in [0.5, 0.6) is 0 Å². The lowest BCUT2D eigenvalue weighted by Crippen LogP contribution is -2.26. The molecular weight excluding hydrogens is 256 g/mol. The topological polar surface area (TPSA) is 61.2 Å². The van der Waals surface area contributed by atoms with Gasteiger partial charge in [-0.05, 0) is 18.2 Å². The average Bonchev–Trinajstić information content (AvgIpc) is 2.69. The molecule has 3 rings (SSSR count). The molecule has 0 radical (unpaired) electrons. The van der Waals surface area contributed by atoms with Gasteiger partial charge in [-0.2, -0.15) is 0 Å². The summed E-state index contributed by atoms with van der Waals surface area (Å²) in [5, 5.41) is 0.520. The summed E-state index contributed by atoms with van der Waals surface area (Å²) in [6.07, 6.45) is 6.68. The minimum absolute atomic E-state index is 0.195. The number of aromatic nitrogens is 2. The van der Waals surface area contributed by atoms with Crippen LogP contribution in [0.1, 0.15) is 11.7 Å². The van der Waals surface area contributed by atoms with E-state index in [1.807, 2.05) is 0 Å². The van der Waals surface area contributed by atoms with E-state index in [1.165, 1.54) is 11.7 Å². The number of carbonyl (C=O) groups is 1. The Labute approximate surface area is 114 Å². The van der Waals surface area contributed by atoms with Crippen molar-refractivity contribution in [3.63, 3.8) is 0 Å². The highest BCUT2D eigenvalue weighted by molar-refractivity contribution is 5.82. The van der Waals surface area contributed by atoms with Crippen LogP contribution in [-0.2, 0) is 9.53 Å². The Morgan fingerprint density at radius 3 is 2.90 bits per heavy atom. The number of allylic oxidation sites excluding steroid dienone is 2. The molecule has 0 bridgehead atoms. The first-order valence-electron chi connectivity index (χ1n) is 6.16. The number of methoxy groups -OCH3 is 1. The number of rotatable bonds is 1. The van der Waals surface area contributed by atoms with Gasteiger partial charge in [0, 0.05) is 6.20 Å². The minimum atomic E-state index is -0.688. The maximum Gasteiger partial charge on any atom is 0.320 e. The number of esters is 1. The lowest BCUT2D eigenvalue weighted by molar-refractivity contribution is -0.141. The summed E-state index contributed by atoms with van der Waals surface area (Å²) in [5.41, 5.74) is 0.376. The smallest absolute Gasteiger partial charge is 0.320 e. The Hall–Kier alpha value is -2.69. The van der Waals surface area contributed by atoms with Gasteiger partial charge in [-0.1, -0.05) is 24.3 Å². The van der Waals surface area contributed by atoms with E-state index in [9.17, 15) is 9.59 Å². The van der Waals surface area contributed by atoms with E-state index >= 15 is 0 Å². The van der Waals surface area contributed by atoms with E-state index in [-0.39, 0.29) is 5.56 Å². The van der Waals surface area contributed by atoms with Crippen molar-refractivity contribution in [2.75, 3.05) is 7.11 Å². The van der Waals surface area contributed by atoms with Crippen molar-refractivity contribution in [1.29, 1.82) is 0 Å². The summed E-state index contributed by atoms with van der Waals surface area (Å²) >= 11 is 0. The van der Waals surface area contributed by atoms with Crippen LogP contribution in [0.4, 0.5) is 0 Å². The second kappa shape index (κ2) is 4.77. The number of ether oxygens (including phenoxy) is 1. The molecule has 0 aliphatic carbocycles. The molecule has 5 nitrogen and oxygen atoms in total. The molecule has 2 aromatic rings. The first-order valence-corrected chi connectivity index (χ1v) is 6.16. The van der Waals surface area contributed by atoms with E-state index in [0.29, 0.717) is 16.7 Å². The fourth-order valence-corrected chi connectivity index (χ4v) is 2.23. The standard InChI is InChI=1S/C15H12N2O3/c1-20-15(19)11-7-4-5-9-17-13(11)16-12-8-3-2-6-10(12)14(17)18/h2-9,11H,1H3. The maximum absolute atomic E-state index is 12.5. The molecule has 20 heavy (non-hydrogen) atoms. The highest BCUT2D eigenvalue weighted by Crippen LogP contribution is 2.21. The van der Waals surface area contributed by atoms with E-state index in [0.717, 1.165) is 0 Å². The van der Waals surface area contributed by atoms with Gasteiger partial charge in [-0.3, -0.25) is 14.2 Å². The molecule has 0 fully saturated rings. The largest absolute Gasteiger partial charge is 0.468 e. The lowest BCUT2D eigenvalue weighted by atomic mass is 10.1. The molecule has 0 N–H and O–H groups in total. The van der Waals surface area contributed by atoms with Crippen LogP contribution in [0.2, 0.25) is 0 Å². The second-order valence-corrected chi connectivity index (χ2v) is 4.39. The van der Waals surface area contributed by atoms with Crippen molar-refractivity contribution in [2.24, 2.45) is 0 Å². The molecule has 0 amide bonds. The van der Waals surface area contributed by atoms with E-state index in [4.69, 9.17) is 4.74 Å². The molecule has 0 saturated carbocycles. The zero-order valence-corrected chi connectivity index (χ0v) is 10.8. The zero-order chi connectivity index (χ0) is 14.1. The first kappa shape index (κ1) is 12.3. The third-order valence-corrected chi connectivity index (χ3v) is 3.22. The molecule has 1 aromatic carbocycles. The Bertz CT molecular complexity index is 802. The summed E-state index contributed by atoms with van der Waals surface area (Å²) in [5.74, 6) is -0.765. The predicted molar refractivity (Wildman–Crippen MR) is 75.2 cm³/mol. The van der Waals surface area contributed by atoms with Crippen LogP contribution in [0.15, 0.2) is 47.3 Å². The normalized spacial score (nSPS) is 16.8. The molecule has 1 atom stereocenters. The van der Waals surface area contributed by atoms with Gasteiger partial charge >= 0.3 is 5.97 Å². The number of hydrogen-bond acceptors (Lipinski definition) is 4. The van der Waals surface area contributed by atoms with Crippen molar-refractivity contribution < 1.29 is 9.53 Å². The van der Waals surface area contributed by atoms with E-state index in [1.54, 1.807) is 48.7 Å². The average molecular weight is 268 g/mol. The molecule has 1 aliphatic rings. The fraction of sp³-hybridized carbons (Fsp3) is 0.133. The summed E-state index contributed by atoms with van der Waals surface area (Å²) in [6, 6.07) is 7.07. The van der Waals surface area contributed by atoms with Crippen LogP contribution in [0, 0.1) is 0 Å². The van der Waals surface area contributed by atoms with Gasteiger partial charge in [0.15, 0.2) is 0 Å². The summed E-state index contributed by atoms with van der Waals surface area (Å²) in [6.45, 7) is 0. The van der Waals surface area contributed by atoms with Crippen LogP contribution < -0.4 is 5.56 Å². The van der Waals surface area contributed by atoms with Crippen molar-refractivity contribution in [2.45, 2.75) is 5.92 Å². The Kier molecular flexibility index (Phi) is 2.95. The summed E-state index contributed by atoms with van der Waals surface area (Å²) < 4.78 is 6.17. The van der Waals surface area contributed by atoms with Crippen LogP contribution in [0.3, 0.4) is 0 Å². The zero-order valence-electron chi connectivity index (χ0n) is 10.8. The fourth-order valence-electron chi connectivity index (χ4n) is 2.23. The van der Waals surface area contributed by atoms with Gasteiger partial charge in [0.05, 0.1) is 18.0 Å². The first-order chi connectivity index (χ1) is 9.72. The third-order valence-electron chi connectivity index (χ3n) is 3.22. The van der Waals surface area contributed by atoms with E-state index < -0.39 is 11.9 Å². The van der Waals surface area contributed by atoms with Crippen LogP contribution in [-0.4, -0.2) is 22.6 Å². The molecule has 0 spiro atoms. The van der Waals surface area contributed by atoms with Gasteiger partial charge in [-0.15, -0.1) is 0 Å². The molecule has 100 valence electrons. The Morgan fingerprint density at radius 2 is 2.10 bits per heavy atom. The number of para-hydroxylation sites is 1. The van der Waals surface area contributed by atoms with Crippen molar-refractivity contribution >= 4 is 23.1 Å². The van der Waals surface area contributed by atoms with E-state index in [2.05, 4.69) is 4.98 Å². The summed E-state index contributed by atoms with van der Waals surface area (Å²) in [7, 11) is 1.32. The van der Waals surface area contributed by atoms with Crippen molar-refractivity contribution in [1.82, 2.24) is 9.55 Å². The van der Waals surface area contributed by atoms with Gasteiger partial charge in [-0.25, -0.2) is 4.98 Å². The van der Waals surface area contributed by atoms with Gasteiger partial charge in [0.25, 0.3) is 5.56 Å². The second-order valence-electron chi connectivity index (χ2n) is 4.39. The van der Waals surface area contributed by atoms with Crippen molar-refractivity contribution in [3.8, 4) is 0 Å². The lowest BCUT2D eigenvalue weighted by Gasteiger charge is -2.13. The minimum Gasteiger partial charge on any atom is -0.468 e. The molecule has 2 heterocycles. The number of nitrogens with zero attached hydrogens (tertiary/aromatic N) is 2. The molecular formula is C15H12N2O3. The van der Waals surface area contributed by atoms with Crippen LogP contribution in [0.25, 0.3) is 17.1 Å². The Balaban J connectivity index is 2.35. The quantitative estimate of drug-likeness (QED) is 0.738. The molecule has 0 saturated heterocycles. The Morgan fingerprint density at radius 1 is 1.30 bits per heavy atom. The molecule has 1 unspecified atom stereocenters. The maximum atomic E-state index is 12.5. The molecule has 5 heteroatoms. The highest BCUT2D eigenvalue weighted by atomic mass is 16.5. The monoisotopic (exact) mass is 268 g/mol. The summed E-state index contributed by atoms with van der Waals surface area (Å²) in [4.78, 5) is 28.8. The van der Waals surface area contributed by atoms with Crippen molar-refractivity contribution in [3.05, 3.63) is 58.7 Å². The SMILES string of the molecule is COC(=O)C1C=CC=Cn2c1nc1ccccc1c2=O. The number of benzene rings is 1. The van der Waals surface area contributed by atoms with Crippen LogP contribution >= 0.6 is 0 Å². The molecule has 1 aliphatic heterocycles. The predicted octanol–water partition coefficient (Wildman–Crippen LogP) is 1.69. The third kappa shape index (κ3) is 1.84. The highest BCUT2D eigenvalue weighted by Gasteiger charge is 2.25. The van der Waals surface area contributed by atoms with Gasteiger partial charge < -0.3 is 4.74 Å². The number of carbonyl (C=O) groups excluding carboxylic acids is 1. The molecule has 1 aromatic heterocycles. The van der Waals surface area contributed by atoms with Gasteiger partial charge in [0.2, 0.25) is 0 Å².